The van der Waals surface area contributed by atoms with Gasteiger partial charge in [-0.1, -0.05) is 12.1 Å². The number of urea groups is 1. The van der Waals surface area contributed by atoms with Gasteiger partial charge in [0.2, 0.25) is 5.91 Å². The van der Waals surface area contributed by atoms with E-state index in [1.54, 1.807) is 5.32 Å². The number of rotatable bonds is 2. The molecule has 1 rings (SSSR count). The smallest absolute Gasteiger partial charge is 0.318 e. The quantitative estimate of drug-likeness (QED) is 0.760. The summed E-state index contributed by atoms with van der Waals surface area (Å²) in [4.78, 5) is 21.3. The topological polar surface area (TPSA) is 72.2 Å². The number of primary amides is 1. The number of nitrogens with two attached hydrogens (primary N) is 1. The van der Waals surface area contributed by atoms with Gasteiger partial charge >= 0.3 is 6.03 Å². The lowest BCUT2D eigenvalue weighted by atomic mass is 10.1. The Morgan fingerprint density at radius 1 is 1.33 bits per heavy atom. The van der Waals surface area contributed by atoms with E-state index in [9.17, 15) is 18.4 Å². The fourth-order valence-corrected chi connectivity index (χ4v) is 1.04. The Labute approximate surface area is 84.1 Å². The predicted octanol–water partition coefficient (Wildman–Crippen LogP) is 0.702. The third kappa shape index (κ3) is 3.01. The van der Waals surface area contributed by atoms with E-state index in [0.29, 0.717) is 0 Å². The molecule has 3 amide bonds. The molecule has 15 heavy (non-hydrogen) atoms. The van der Waals surface area contributed by atoms with Gasteiger partial charge in [-0.3, -0.25) is 10.1 Å². The van der Waals surface area contributed by atoms with Gasteiger partial charge in [0.15, 0.2) is 11.6 Å². The van der Waals surface area contributed by atoms with Crippen LogP contribution in [0.15, 0.2) is 18.2 Å². The minimum absolute atomic E-state index is 0.131. The Balaban J connectivity index is 2.77. The van der Waals surface area contributed by atoms with E-state index < -0.39 is 30.0 Å². The summed E-state index contributed by atoms with van der Waals surface area (Å²) in [6, 6.07) is 2.42. The Kier molecular flexibility index (Phi) is 3.33. The highest BCUT2D eigenvalue weighted by molar-refractivity contribution is 5.94. The highest BCUT2D eigenvalue weighted by Gasteiger charge is 2.12. The van der Waals surface area contributed by atoms with Gasteiger partial charge in [0.25, 0.3) is 0 Å². The van der Waals surface area contributed by atoms with Crippen molar-refractivity contribution in [3.63, 3.8) is 0 Å². The number of halogens is 2. The van der Waals surface area contributed by atoms with Crippen molar-refractivity contribution < 1.29 is 18.4 Å². The molecule has 0 aliphatic rings. The Morgan fingerprint density at radius 3 is 2.60 bits per heavy atom. The number of carbonyl (C=O) groups is 2. The second kappa shape index (κ2) is 4.50. The van der Waals surface area contributed by atoms with Crippen molar-refractivity contribution in [3.05, 3.63) is 35.4 Å². The van der Waals surface area contributed by atoms with Crippen LogP contribution in [0.1, 0.15) is 5.56 Å². The third-order valence-electron chi connectivity index (χ3n) is 1.65. The molecule has 0 heterocycles. The van der Waals surface area contributed by atoms with Crippen molar-refractivity contribution in [2.45, 2.75) is 6.42 Å². The fourth-order valence-electron chi connectivity index (χ4n) is 1.04. The van der Waals surface area contributed by atoms with Crippen molar-refractivity contribution in [2.24, 2.45) is 5.73 Å². The molecular weight excluding hydrogens is 206 g/mol. The van der Waals surface area contributed by atoms with E-state index in [1.807, 2.05) is 0 Å². The summed E-state index contributed by atoms with van der Waals surface area (Å²) in [6.07, 6.45) is -0.438. The van der Waals surface area contributed by atoms with Crippen LogP contribution in [-0.4, -0.2) is 11.9 Å². The molecule has 0 aliphatic heterocycles. The molecule has 0 saturated heterocycles. The number of nitrogens with one attached hydrogen (secondary N) is 1. The minimum atomic E-state index is -1.10. The van der Waals surface area contributed by atoms with E-state index in [2.05, 4.69) is 5.73 Å². The number of benzene rings is 1. The summed E-state index contributed by atoms with van der Waals surface area (Å²) in [6.45, 7) is 0. The molecule has 0 saturated carbocycles. The maximum absolute atomic E-state index is 13.0. The van der Waals surface area contributed by atoms with Gasteiger partial charge in [0, 0.05) is 5.56 Å². The molecule has 1 aromatic carbocycles. The van der Waals surface area contributed by atoms with Crippen LogP contribution in [0.5, 0.6) is 0 Å². The van der Waals surface area contributed by atoms with Crippen LogP contribution in [0.4, 0.5) is 13.6 Å². The first-order valence-electron chi connectivity index (χ1n) is 4.03. The van der Waals surface area contributed by atoms with E-state index in [-0.39, 0.29) is 5.56 Å². The molecule has 0 fully saturated rings. The fraction of sp³-hybridized carbons (Fsp3) is 0.111. The van der Waals surface area contributed by atoms with Gasteiger partial charge < -0.3 is 5.73 Å². The summed E-state index contributed by atoms with van der Waals surface area (Å²) >= 11 is 0. The average Bonchev–Trinajstić information content (AvgIpc) is 2.11. The molecule has 80 valence electrons. The van der Waals surface area contributed by atoms with Crippen molar-refractivity contribution in [3.8, 4) is 0 Å². The zero-order chi connectivity index (χ0) is 11.4. The lowest BCUT2D eigenvalue weighted by Crippen LogP contribution is -2.36. The van der Waals surface area contributed by atoms with Crippen molar-refractivity contribution >= 4 is 11.9 Å². The largest absolute Gasteiger partial charge is 0.351 e. The Bertz CT molecular complexity index is 407. The highest BCUT2D eigenvalue weighted by Crippen LogP contribution is 2.11. The second-order valence-electron chi connectivity index (χ2n) is 2.80. The summed E-state index contributed by atoms with van der Waals surface area (Å²) < 4.78 is 25.7. The summed E-state index contributed by atoms with van der Waals surface area (Å²) in [5.41, 5.74) is 4.55. The molecule has 1 aromatic rings. The first-order chi connectivity index (χ1) is 7.00. The van der Waals surface area contributed by atoms with Crippen LogP contribution in [0.25, 0.3) is 0 Å². The van der Waals surface area contributed by atoms with Gasteiger partial charge in [-0.25, -0.2) is 13.6 Å². The zero-order valence-electron chi connectivity index (χ0n) is 7.59. The highest BCUT2D eigenvalue weighted by atomic mass is 19.2. The predicted molar refractivity (Wildman–Crippen MR) is 47.8 cm³/mol. The zero-order valence-corrected chi connectivity index (χ0v) is 7.59. The van der Waals surface area contributed by atoms with Crippen LogP contribution in [0.3, 0.4) is 0 Å². The van der Waals surface area contributed by atoms with E-state index in [0.717, 1.165) is 6.07 Å². The molecule has 0 aliphatic carbocycles. The molecule has 3 N–H and O–H groups in total. The normalized spacial score (nSPS) is 9.73. The summed E-state index contributed by atoms with van der Waals surface area (Å²) in [7, 11) is 0. The third-order valence-corrected chi connectivity index (χ3v) is 1.65. The van der Waals surface area contributed by atoms with Gasteiger partial charge in [-0.05, 0) is 6.07 Å². The molecule has 4 nitrogen and oxygen atoms in total. The number of hydrogen-bond acceptors (Lipinski definition) is 2. The van der Waals surface area contributed by atoms with Crippen LogP contribution in [-0.2, 0) is 11.2 Å². The SMILES string of the molecule is NC(=O)NC(=O)Cc1cccc(F)c1F. The van der Waals surface area contributed by atoms with Crippen LogP contribution in [0.2, 0.25) is 0 Å². The summed E-state index contributed by atoms with van der Waals surface area (Å²) in [5, 5.41) is 1.75. The molecule has 0 unspecified atom stereocenters. The molecule has 0 radical (unpaired) electrons. The van der Waals surface area contributed by atoms with Crippen LogP contribution < -0.4 is 11.1 Å². The number of amides is 3. The molecular formula is C9H8F2N2O2. The van der Waals surface area contributed by atoms with Gasteiger partial charge in [0.05, 0.1) is 6.42 Å². The molecule has 0 bridgehead atoms. The van der Waals surface area contributed by atoms with Crippen molar-refractivity contribution in [2.75, 3.05) is 0 Å². The van der Waals surface area contributed by atoms with Crippen molar-refractivity contribution in [1.29, 1.82) is 0 Å². The van der Waals surface area contributed by atoms with E-state index in [1.165, 1.54) is 12.1 Å². The second-order valence-corrected chi connectivity index (χ2v) is 2.80. The number of hydrogen-bond donors (Lipinski definition) is 2. The summed E-state index contributed by atoms with van der Waals surface area (Å²) in [5.74, 6) is -2.93. The maximum Gasteiger partial charge on any atom is 0.318 e. The average molecular weight is 214 g/mol. The lowest BCUT2D eigenvalue weighted by Gasteiger charge is -2.03. The Hall–Kier alpha value is -1.98. The van der Waals surface area contributed by atoms with Gasteiger partial charge in [-0.15, -0.1) is 0 Å². The maximum atomic E-state index is 13.0. The molecule has 0 spiro atoms. The van der Waals surface area contributed by atoms with Gasteiger partial charge in [0.1, 0.15) is 0 Å². The van der Waals surface area contributed by atoms with Crippen LogP contribution >= 0.6 is 0 Å². The standard InChI is InChI=1S/C9H8F2N2O2/c10-6-3-1-2-5(8(6)11)4-7(14)13-9(12)15/h1-3H,4H2,(H3,12,13,14,15). The minimum Gasteiger partial charge on any atom is -0.351 e. The first-order valence-corrected chi connectivity index (χ1v) is 4.03. The molecule has 0 aromatic heterocycles. The first kappa shape index (κ1) is 11.1. The molecule has 0 atom stereocenters. The number of imide groups is 1. The Morgan fingerprint density at radius 2 is 2.00 bits per heavy atom. The van der Waals surface area contributed by atoms with Gasteiger partial charge in [-0.2, -0.15) is 0 Å². The monoisotopic (exact) mass is 214 g/mol. The van der Waals surface area contributed by atoms with Crippen molar-refractivity contribution in [1.82, 2.24) is 5.32 Å². The van der Waals surface area contributed by atoms with E-state index in [4.69, 9.17) is 0 Å². The van der Waals surface area contributed by atoms with E-state index >= 15 is 0 Å². The number of carbonyl (C=O) groups excluding carboxylic acids is 2. The lowest BCUT2D eigenvalue weighted by molar-refractivity contribution is -0.119. The van der Waals surface area contributed by atoms with Crippen LogP contribution in [0, 0.1) is 11.6 Å². The molecule has 6 heteroatoms.